The maximum absolute atomic E-state index is 12.0. The Morgan fingerprint density at radius 1 is 1.39 bits per heavy atom. The van der Waals surface area contributed by atoms with E-state index in [4.69, 9.17) is 5.73 Å². The Labute approximate surface area is 118 Å². The molecule has 0 aliphatic carbocycles. The third kappa shape index (κ3) is 3.11. The largest absolute Gasteiger partial charge is 0.399 e. The van der Waals surface area contributed by atoms with Crippen LogP contribution in [0.5, 0.6) is 0 Å². The number of amides is 1. The van der Waals surface area contributed by atoms with Gasteiger partial charge in [0.2, 0.25) is 0 Å². The normalized spacial score (nSPS) is 10.3. The van der Waals surface area contributed by atoms with Crippen LogP contribution in [-0.2, 0) is 6.54 Å². The maximum Gasteiger partial charge on any atom is 0.252 e. The number of nitrogens with two attached hydrogens (primary N) is 1. The minimum absolute atomic E-state index is 0.125. The van der Waals surface area contributed by atoms with Gasteiger partial charge in [-0.15, -0.1) is 11.3 Å². The number of thiophene rings is 1. The van der Waals surface area contributed by atoms with E-state index in [2.05, 4.69) is 21.2 Å². The second kappa shape index (κ2) is 5.54. The van der Waals surface area contributed by atoms with Crippen molar-refractivity contribution in [2.75, 3.05) is 5.73 Å². The molecular weight excluding hydrogens is 312 g/mol. The second-order valence-corrected chi connectivity index (χ2v) is 6.16. The molecule has 1 heterocycles. The molecule has 1 amide bonds. The van der Waals surface area contributed by atoms with Crippen LogP contribution in [0.4, 0.5) is 5.69 Å². The molecule has 2 aromatic rings. The van der Waals surface area contributed by atoms with Gasteiger partial charge in [-0.1, -0.05) is 0 Å². The van der Waals surface area contributed by atoms with E-state index in [0.717, 1.165) is 9.35 Å². The summed E-state index contributed by atoms with van der Waals surface area (Å²) < 4.78 is 0.747. The predicted molar refractivity (Wildman–Crippen MR) is 78.8 cm³/mol. The average Bonchev–Trinajstić information content (AvgIpc) is 2.75. The lowest BCUT2D eigenvalue weighted by atomic mass is 10.2. The molecule has 0 spiro atoms. The Morgan fingerprint density at radius 3 is 2.83 bits per heavy atom. The van der Waals surface area contributed by atoms with Crippen molar-refractivity contribution in [3.63, 3.8) is 0 Å². The fourth-order valence-electron chi connectivity index (χ4n) is 1.56. The highest BCUT2D eigenvalue weighted by Crippen LogP contribution is 2.20. The van der Waals surface area contributed by atoms with Crippen LogP contribution in [-0.4, -0.2) is 5.91 Å². The van der Waals surface area contributed by atoms with E-state index in [1.165, 1.54) is 4.88 Å². The van der Waals surface area contributed by atoms with Crippen LogP contribution < -0.4 is 11.1 Å². The fourth-order valence-corrected chi connectivity index (χ4v) is 2.82. The molecule has 0 bridgehead atoms. The van der Waals surface area contributed by atoms with E-state index in [1.807, 2.05) is 19.1 Å². The molecule has 0 fully saturated rings. The van der Waals surface area contributed by atoms with Crippen LogP contribution in [0, 0.1) is 6.92 Å². The molecule has 0 radical (unpaired) electrons. The standard InChI is InChI=1S/C13H13BrN2OS/c1-8-2-4-10(18-8)7-16-13(17)11-6-9(15)3-5-12(11)14/h2-6H,7,15H2,1H3,(H,16,17). The Kier molecular flexibility index (Phi) is 4.04. The van der Waals surface area contributed by atoms with Crippen molar-refractivity contribution in [2.45, 2.75) is 13.5 Å². The van der Waals surface area contributed by atoms with Gasteiger partial charge in [0, 0.05) is 19.9 Å². The van der Waals surface area contributed by atoms with E-state index >= 15 is 0 Å². The van der Waals surface area contributed by atoms with Gasteiger partial charge in [-0.05, 0) is 53.2 Å². The molecule has 3 nitrogen and oxygen atoms in total. The Balaban J connectivity index is 2.05. The van der Waals surface area contributed by atoms with Crippen LogP contribution in [0.3, 0.4) is 0 Å². The summed E-state index contributed by atoms with van der Waals surface area (Å²) in [5.74, 6) is -0.125. The molecule has 94 valence electrons. The quantitative estimate of drug-likeness (QED) is 0.851. The van der Waals surface area contributed by atoms with E-state index in [-0.39, 0.29) is 5.91 Å². The zero-order chi connectivity index (χ0) is 13.1. The number of rotatable bonds is 3. The molecule has 0 atom stereocenters. The second-order valence-electron chi connectivity index (χ2n) is 3.93. The van der Waals surface area contributed by atoms with Crippen molar-refractivity contribution in [3.8, 4) is 0 Å². The van der Waals surface area contributed by atoms with Gasteiger partial charge >= 0.3 is 0 Å². The molecule has 3 N–H and O–H groups in total. The van der Waals surface area contributed by atoms with Crippen molar-refractivity contribution >= 4 is 38.9 Å². The summed E-state index contributed by atoms with van der Waals surface area (Å²) in [6.07, 6.45) is 0. The van der Waals surface area contributed by atoms with Gasteiger partial charge < -0.3 is 11.1 Å². The highest BCUT2D eigenvalue weighted by atomic mass is 79.9. The Morgan fingerprint density at radius 2 is 2.17 bits per heavy atom. The number of carbonyl (C=O) groups is 1. The number of halogens is 1. The summed E-state index contributed by atoms with van der Waals surface area (Å²) in [4.78, 5) is 14.4. The van der Waals surface area contributed by atoms with E-state index < -0.39 is 0 Å². The van der Waals surface area contributed by atoms with E-state index in [0.29, 0.717) is 17.8 Å². The SMILES string of the molecule is Cc1ccc(CNC(=O)c2cc(N)ccc2Br)s1. The summed E-state index contributed by atoms with van der Waals surface area (Å²) in [5, 5.41) is 2.88. The number of anilines is 1. The molecule has 5 heteroatoms. The van der Waals surface area contributed by atoms with Gasteiger partial charge in [-0.25, -0.2) is 0 Å². The topological polar surface area (TPSA) is 55.1 Å². The van der Waals surface area contributed by atoms with E-state index in [1.54, 1.807) is 29.5 Å². The first kappa shape index (κ1) is 13.1. The molecule has 1 aromatic carbocycles. The summed E-state index contributed by atoms with van der Waals surface area (Å²) in [7, 11) is 0. The van der Waals surface area contributed by atoms with Crippen molar-refractivity contribution < 1.29 is 4.79 Å². The number of carbonyl (C=O) groups excluding carboxylic acids is 1. The van der Waals surface area contributed by atoms with Crippen molar-refractivity contribution in [1.82, 2.24) is 5.32 Å². The first-order valence-corrected chi connectivity index (χ1v) is 7.06. The summed E-state index contributed by atoms with van der Waals surface area (Å²) >= 11 is 5.03. The lowest BCUT2D eigenvalue weighted by molar-refractivity contribution is 0.0950. The summed E-state index contributed by atoms with van der Waals surface area (Å²) in [6, 6.07) is 9.26. The van der Waals surface area contributed by atoms with Crippen LogP contribution in [0.1, 0.15) is 20.1 Å². The van der Waals surface area contributed by atoms with Crippen LogP contribution >= 0.6 is 27.3 Å². The number of aryl methyl sites for hydroxylation is 1. The van der Waals surface area contributed by atoms with Gasteiger partial charge in [0.1, 0.15) is 0 Å². The summed E-state index contributed by atoms with van der Waals surface area (Å²) in [6.45, 7) is 2.59. The minimum atomic E-state index is -0.125. The van der Waals surface area contributed by atoms with Crippen LogP contribution in [0.2, 0.25) is 0 Å². The molecule has 1 aromatic heterocycles. The highest BCUT2D eigenvalue weighted by molar-refractivity contribution is 9.10. The molecule has 2 rings (SSSR count). The minimum Gasteiger partial charge on any atom is -0.399 e. The Hall–Kier alpha value is -1.33. The number of hydrogen-bond donors (Lipinski definition) is 2. The third-order valence-corrected chi connectivity index (χ3v) is 4.15. The molecule has 0 unspecified atom stereocenters. The third-order valence-electron chi connectivity index (χ3n) is 2.45. The molecular formula is C13H13BrN2OS. The molecule has 0 aliphatic rings. The van der Waals surface area contributed by atoms with Gasteiger partial charge in [0.25, 0.3) is 5.91 Å². The van der Waals surface area contributed by atoms with Crippen molar-refractivity contribution in [1.29, 1.82) is 0 Å². The lowest BCUT2D eigenvalue weighted by Crippen LogP contribution is -2.22. The predicted octanol–water partition coefficient (Wildman–Crippen LogP) is 3.33. The summed E-state index contributed by atoms with van der Waals surface area (Å²) in [5.41, 5.74) is 6.81. The fraction of sp³-hybridized carbons (Fsp3) is 0.154. The monoisotopic (exact) mass is 324 g/mol. The molecule has 0 saturated carbocycles. The van der Waals surface area contributed by atoms with Gasteiger partial charge in [0.05, 0.1) is 12.1 Å². The Bertz CT molecular complexity index is 580. The number of hydrogen-bond acceptors (Lipinski definition) is 3. The average molecular weight is 325 g/mol. The van der Waals surface area contributed by atoms with Crippen molar-refractivity contribution in [3.05, 3.63) is 50.1 Å². The van der Waals surface area contributed by atoms with Crippen LogP contribution in [0.25, 0.3) is 0 Å². The zero-order valence-corrected chi connectivity index (χ0v) is 12.3. The van der Waals surface area contributed by atoms with Crippen molar-refractivity contribution in [2.24, 2.45) is 0 Å². The van der Waals surface area contributed by atoms with Gasteiger partial charge in [-0.3, -0.25) is 4.79 Å². The molecule has 0 aliphatic heterocycles. The number of benzene rings is 1. The number of nitrogen functional groups attached to an aromatic ring is 1. The molecule has 0 saturated heterocycles. The lowest BCUT2D eigenvalue weighted by Gasteiger charge is -2.06. The smallest absolute Gasteiger partial charge is 0.252 e. The van der Waals surface area contributed by atoms with Gasteiger partial charge in [0.15, 0.2) is 0 Å². The highest BCUT2D eigenvalue weighted by Gasteiger charge is 2.10. The molecule has 18 heavy (non-hydrogen) atoms. The first-order chi connectivity index (χ1) is 8.56. The maximum atomic E-state index is 12.0. The zero-order valence-electron chi connectivity index (χ0n) is 9.87. The first-order valence-electron chi connectivity index (χ1n) is 5.45. The van der Waals surface area contributed by atoms with Gasteiger partial charge in [-0.2, -0.15) is 0 Å². The number of nitrogens with one attached hydrogen (secondary N) is 1. The van der Waals surface area contributed by atoms with E-state index in [9.17, 15) is 4.79 Å². The van der Waals surface area contributed by atoms with Crippen LogP contribution in [0.15, 0.2) is 34.8 Å².